The molecule has 1 heterocycles. The minimum absolute atomic E-state index is 0.139. The largest absolute Gasteiger partial charge is 0.480 e. The Kier molecular flexibility index (Phi) is 3.89. The van der Waals surface area contributed by atoms with Gasteiger partial charge in [-0.15, -0.1) is 0 Å². The van der Waals surface area contributed by atoms with E-state index in [1.165, 1.54) is 0 Å². The average Bonchev–Trinajstić information content (AvgIpc) is 2.16. The summed E-state index contributed by atoms with van der Waals surface area (Å²) in [6.45, 7) is 6.38. The van der Waals surface area contributed by atoms with E-state index in [2.05, 4.69) is 10.6 Å². The van der Waals surface area contributed by atoms with Gasteiger partial charge in [0.05, 0.1) is 0 Å². The van der Waals surface area contributed by atoms with Crippen molar-refractivity contribution >= 4 is 5.97 Å². The Morgan fingerprint density at radius 2 is 2.43 bits per heavy atom. The molecule has 0 aromatic heterocycles. The molecule has 82 valence electrons. The van der Waals surface area contributed by atoms with Gasteiger partial charge in [0.25, 0.3) is 0 Å². The van der Waals surface area contributed by atoms with Crippen LogP contribution in [0.15, 0.2) is 0 Å². The van der Waals surface area contributed by atoms with Gasteiger partial charge in [-0.1, -0.05) is 13.8 Å². The first kappa shape index (κ1) is 11.5. The summed E-state index contributed by atoms with van der Waals surface area (Å²) < 4.78 is 0. The number of carbonyl (C=O) groups is 1. The van der Waals surface area contributed by atoms with Gasteiger partial charge in [-0.3, -0.25) is 4.79 Å². The summed E-state index contributed by atoms with van der Waals surface area (Å²) in [6.07, 6.45) is 1.64. The van der Waals surface area contributed by atoms with Gasteiger partial charge in [0, 0.05) is 6.54 Å². The molecule has 1 saturated heterocycles. The highest BCUT2D eigenvalue weighted by Gasteiger charge is 2.44. The van der Waals surface area contributed by atoms with Crippen LogP contribution >= 0.6 is 0 Å². The van der Waals surface area contributed by atoms with E-state index < -0.39 is 11.5 Å². The van der Waals surface area contributed by atoms with Crippen molar-refractivity contribution in [3.8, 4) is 0 Å². The van der Waals surface area contributed by atoms with Crippen LogP contribution in [0, 0.1) is 5.92 Å². The third-order valence-electron chi connectivity index (χ3n) is 3.06. The van der Waals surface area contributed by atoms with Crippen molar-refractivity contribution in [2.45, 2.75) is 32.2 Å². The van der Waals surface area contributed by atoms with E-state index in [-0.39, 0.29) is 5.92 Å². The summed E-state index contributed by atoms with van der Waals surface area (Å²) in [6, 6.07) is 0. The molecule has 2 atom stereocenters. The van der Waals surface area contributed by atoms with Gasteiger partial charge in [-0.25, -0.2) is 0 Å². The fourth-order valence-electron chi connectivity index (χ4n) is 2.03. The van der Waals surface area contributed by atoms with Crippen LogP contribution < -0.4 is 10.6 Å². The molecule has 1 aliphatic rings. The highest BCUT2D eigenvalue weighted by Crippen LogP contribution is 2.24. The van der Waals surface area contributed by atoms with E-state index in [9.17, 15) is 9.90 Å². The molecule has 1 aliphatic heterocycles. The normalized spacial score (nSPS) is 32.9. The van der Waals surface area contributed by atoms with Crippen molar-refractivity contribution in [2.75, 3.05) is 19.6 Å². The van der Waals surface area contributed by atoms with Crippen molar-refractivity contribution in [2.24, 2.45) is 5.92 Å². The van der Waals surface area contributed by atoms with Crippen molar-refractivity contribution in [3.05, 3.63) is 0 Å². The molecule has 1 fully saturated rings. The molecule has 4 nitrogen and oxygen atoms in total. The second kappa shape index (κ2) is 4.75. The predicted molar refractivity (Wildman–Crippen MR) is 55.3 cm³/mol. The second-order valence-electron chi connectivity index (χ2n) is 4.06. The molecule has 1 rings (SSSR count). The van der Waals surface area contributed by atoms with E-state index >= 15 is 0 Å². The fraction of sp³-hybridized carbons (Fsp3) is 0.900. The molecule has 3 N–H and O–H groups in total. The lowest BCUT2D eigenvalue weighted by atomic mass is 9.79. The summed E-state index contributed by atoms with van der Waals surface area (Å²) in [5, 5.41) is 15.7. The number of aliphatic carboxylic acids is 1. The molecule has 0 aromatic rings. The molecule has 0 radical (unpaired) electrons. The Bertz CT molecular complexity index is 208. The Labute approximate surface area is 85.1 Å². The number of hydrogen-bond acceptors (Lipinski definition) is 3. The SMILES string of the molecule is CCCNC1(C(=O)O)CCNCC1C. The Morgan fingerprint density at radius 3 is 2.93 bits per heavy atom. The zero-order chi connectivity index (χ0) is 10.6. The van der Waals surface area contributed by atoms with Crippen LogP contribution in [0.4, 0.5) is 0 Å². The molecule has 0 spiro atoms. The number of hydrogen-bond donors (Lipinski definition) is 3. The highest BCUT2D eigenvalue weighted by atomic mass is 16.4. The van der Waals surface area contributed by atoms with Crippen molar-refractivity contribution in [1.29, 1.82) is 0 Å². The summed E-state index contributed by atoms with van der Waals surface area (Å²) in [7, 11) is 0. The van der Waals surface area contributed by atoms with Gasteiger partial charge in [-0.05, 0) is 31.8 Å². The first-order chi connectivity index (χ1) is 6.63. The minimum atomic E-state index is -0.708. The number of piperidine rings is 1. The van der Waals surface area contributed by atoms with E-state index in [1.807, 2.05) is 13.8 Å². The zero-order valence-electron chi connectivity index (χ0n) is 8.97. The lowest BCUT2D eigenvalue weighted by Crippen LogP contribution is -2.63. The predicted octanol–water partition coefficient (Wildman–Crippen LogP) is 0.439. The fourth-order valence-corrected chi connectivity index (χ4v) is 2.03. The van der Waals surface area contributed by atoms with Crippen LogP contribution in [0.1, 0.15) is 26.7 Å². The lowest BCUT2D eigenvalue weighted by molar-refractivity contribution is -0.148. The number of carboxylic acids is 1. The van der Waals surface area contributed by atoms with E-state index in [0.717, 1.165) is 26.1 Å². The van der Waals surface area contributed by atoms with Crippen LogP contribution in [0.25, 0.3) is 0 Å². The average molecular weight is 200 g/mol. The van der Waals surface area contributed by atoms with Gasteiger partial charge in [0.1, 0.15) is 5.54 Å². The number of carboxylic acid groups (broad SMARTS) is 1. The maximum absolute atomic E-state index is 11.3. The first-order valence-corrected chi connectivity index (χ1v) is 5.32. The van der Waals surface area contributed by atoms with Crippen molar-refractivity contribution in [3.63, 3.8) is 0 Å². The molecule has 4 heteroatoms. The van der Waals surface area contributed by atoms with Crippen LogP contribution in [0.5, 0.6) is 0 Å². The third-order valence-corrected chi connectivity index (χ3v) is 3.06. The maximum atomic E-state index is 11.3. The summed E-state index contributed by atoms with van der Waals surface area (Å²) in [5.74, 6) is -0.569. The third kappa shape index (κ3) is 2.07. The molecular formula is C10H20N2O2. The molecule has 14 heavy (non-hydrogen) atoms. The molecule has 2 unspecified atom stereocenters. The Morgan fingerprint density at radius 1 is 1.71 bits per heavy atom. The van der Waals surface area contributed by atoms with Crippen LogP contribution in [0.3, 0.4) is 0 Å². The second-order valence-corrected chi connectivity index (χ2v) is 4.06. The Balaban J connectivity index is 2.72. The lowest BCUT2D eigenvalue weighted by Gasteiger charge is -2.40. The van der Waals surface area contributed by atoms with Gasteiger partial charge in [0.15, 0.2) is 0 Å². The monoisotopic (exact) mass is 200 g/mol. The molecule has 0 amide bonds. The van der Waals surface area contributed by atoms with Crippen LogP contribution in [-0.2, 0) is 4.79 Å². The molecule has 0 aliphatic carbocycles. The van der Waals surface area contributed by atoms with Gasteiger partial charge < -0.3 is 15.7 Å². The highest BCUT2D eigenvalue weighted by molar-refractivity contribution is 5.79. The van der Waals surface area contributed by atoms with Crippen molar-refractivity contribution < 1.29 is 9.90 Å². The van der Waals surface area contributed by atoms with E-state index in [1.54, 1.807) is 0 Å². The molecule has 0 bridgehead atoms. The maximum Gasteiger partial charge on any atom is 0.324 e. The zero-order valence-corrected chi connectivity index (χ0v) is 8.97. The Hall–Kier alpha value is -0.610. The summed E-state index contributed by atoms with van der Waals surface area (Å²) in [4.78, 5) is 11.3. The minimum Gasteiger partial charge on any atom is -0.480 e. The van der Waals surface area contributed by atoms with Crippen molar-refractivity contribution in [1.82, 2.24) is 10.6 Å². The summed E-state index contributed by atoms with van der Waals surface area (Å²) in [5.41, 5.74) is -0.707. The quantitative estimate of drug-likeness (QED) is 0.616. The summed E-state index contributed by atoms with van der Waals surface area (Å²) >= 11 is 0. The molecule has 0 aromatic carbocycles. The van der Waals surface area contributed by atoms with E-state index in [4.69, 9.17) is 0 Å². The number of rotatable bonds is 4. The van der Waals surface area contributed by atoms with Gasteiger partial charge >= 0.3 is 5.97 Å². The number of nitrogens with one attached hydrogen (secondary N) is 2. The van der Waals surface area contributed by atoms with Gasteiger partial charge in [-0.2, -0.15) is 0 Å². The smallest absolute Gasteiger partial charge is 0.324 e. The topological polar surface area (TPSA) is 61.4 Å². The molecular weight excluding hydrogens is 180 g/mol. The van der Waals surface area contributed by atoms with Gasteiger partial charge in [0.2, 0.25) is 0 Å². The van der Waals surface area contributed by atoms with Crippen LogP contribution in [-0.4, -0.2) is 36.2 Å². The van der Waals surface area contributed by atoms with E-state index in [0.29, 0.717) is 6.42 Å². The first-order valence-electron chi connectivity index (χ1n) is 5.32. The molecule has 0 saturated carbocycles. The van der Waals surface area contributed by atoms with Crippen LogP contribution in [0.2, 0.25) is 0 Å². The standard InChI is InChI=1S/C10H20N2O2/c1-3-5-12-10(9(13)14)4-6-11-7-8(10)2/h8,11-12H,3-7H2,1-2H3,(H,13,14).